The minimum Gasteiger partial charge on any atom is -0.341 e. The van der Waals surface area contributed by atoms with Gasteiger partial charge in [0.15, 0.2) is 0 Å². The van der Waals surface area contributed by atoms with Crippen molar-refractivity contribution in [1.29, 1.82) is 0 Å². The third-order valence-corrected chi connectivity index (χ3v) is 1.40. The van der Waals surface area contributed by atoms with Crippen LogP contribution in [0, 0.1) is 42.4 Å². The molecule has 0 aromatic heterocycles. The van der Waals surface area contributed by atoms with Crippen molar-refractivity contribution in [3.8, 4) is 36.5 Å². The Labute approximate surface area is 72.2 Å². The van der Waals surface area contributed by atoms with E-state index in [1.54, 1.807) is 0 Å². The van der Waals surface area contributed by atoms with Gasteiger partial charge in [0.2, 0.25) is 6.29 Å². The Morgan fingerprint density at radius 1 is 1.17 bits per heavy atom. The first-order valence-corrected chi connectivity index (χ1v) is 3.52. The zero-order valence-corrected chi connectivity index (χ0v) is 6.54. The molecular weight excluding hydrogens is 152 g/mol. The van der Waals surface area contributed by atoms with E-state index in [9.17, 15) is 0 Å². The second kappa shape index (κ2) is 4.47. The third kappa shape index (κ3) is 2.33. The summed E-state index contributed by atoms with van der Waals surface area (Å²) in [5.74, 6) is 9.80. The SMILES string of the molecule is C#CC#CC1OCC(C#C)CO1. The van der Waals surface area contributed by atoms with E-state index in [0.717, 1.165) is 0 Å². The molecule has 12 heavy (non-hydrogen) atoms. The standard InChI is InChI=1S/C10H8O2/c1-3-5-6-10-11-7-9(4-2)8-12-10/h1-2,9-10H,7-8H2. The van der Waals surface area contributed by atoms with Gasteiger partial charge in [0, 0.05) is 0 Å². The Balaban J connectivity index is 2.38. The normalized spacial score (nSPS) is 27.5. The van der Waals surface area contributed by atoms with Crippen molar-refractivity contribution in [2.45, 2.75) is 6.29 Å². The van der Waals surface area contributed by atoms with Crippen molar-refractivity contribution < 1.29 is 9.47 Å². The van der Waals surface area contributed by atoms with E-state index in [1.807, 2.05) is 0 Å². The molecule has 60 valence electrons. The zero-order valence-electron chi connectivity index (χ0n) is 6.54. The van der Waals surface area contributed by atoms with E-state index in [1.165, 1.54) is 0 Å². The minimum atomic E-state index is -0.509. The predicted molar refractivity (Wildman–Crippen MR) is 44.6 cm³/mol. The Hall–Kier alpha value is -1.40. The smallest absolute Gasteiger partial charge is 0.223 e. The fraction of sp³-hybridized carbons (Fsp3) is 0.400. The third-order valence-electron chi connectivity index (χ3n) is 1.40. The molecule has 0 N–H and O–H groups in total. The summed E-state index contributed by atoms with van der Waals surface area (Å²) in [6.07, 6.45) is 9.59. The van der Waals surface area contributed by atoms with Crippen LogP contribution in [0.5, 0.6) is 0 Å². The van der Waals surface area contributed by atoms with Gasteiger partial charge in [0.25, 0.3) is 0 Å². The highest BCUT2D eigenvalue weighted by atomic mass is 16.7. The summed E-state index contributed by atoms with van der Waals surface area (Å²) >= 11 is 0. The molecule has 0 aromatic carbocycles. The molecule has 2 nitrogen and oxygen atoms in total. The average Bonchev–Trinajstić information content (AvgIpc) is 2.15. The Bertz CT molecular complexity index is 274. The molecule has 1 heterocycles. The molecule has 0 spiro atoms. The van der Waals surface area contributed by atoms with Crippen molar-refractivity contribution in [3.63, 3.8) is 0 Å². The quantitative estimate of drug-likeness (QED) is 0.473. The molecule has 1 rings (SSSR count). The molecule has 0 bridgehead atoms. The van der Waals surface area contributed by atoms with Crippen LogP contribution in [-0.2, 0) is 9.47 Å². The van der Waals surface area contributed by atoms with Crippen LogP contribution in [0.1, 0.15) is 0 Å². The lowest BCUT2D eigenvalue weighted by Gasteiger charge is -2.22. The summed E-state index contributed by atoms with van der Waals surface area (Å²) < 4.78 is 10.3. The number of ether oxygens (including phenoxy) is 2. The van der Waals surface area contributed by atoms with E-state index in [0.29, 0.717) is 13.2 Å². The van der Waals surface area contributed by atoms with Gasteiger partial charge in [0.1, 0.15) is 0 Å². The van der Waals surface area contributed by atoms with Crippen molar-refractivity contribution in [2.75, 3.05) is 13.2 Å². The highest BCUT2D eigenvalue weighted by Crippen LogP contribution is 2.08. The lowest BCUT2D eigenvalue weighted by molar-refractivity contribution is -0.158. The first-order chi connectivity index (χ1) is 5.86. The molecule has 1 aliphatic heterocycles. The second-order valence-corrected chi connectivity index (χ2v) is 2.28. The minimum absolute atomic E-state index is 0.0360. The molecule has 1 saturated heterocycles. The maximum atomic E-state index is 5.17. The zero-order chi connectivity index (χ0) is 8.81. The summed E-state index contributed by atoms with van der Waals surface area (Å²) in [5, 5.41) is 0. The molecule has 0 radical (unpaired) electrons. The molecule has 2 heteroatoms. The first kappa shape index (κ1) is 8.69. The predicted octanol–water partition coefficient (Wildman–Crippen LogP) is 0.245. The molecule has 0 aliphatic carbocycles. The van der Waals surface area contributed by atoms with Crippen molar-refractivity contribution in [3.05, 3.63) is 0 Å². The van der Waals surface area contributed by atoms with Gasteiger partial charge in [-0.05, 0) is 17.8 Å². The van der Waals surface area contributed by atoms with Crippen LogP contribution in [0.2, 0.25) is 0 Å². The van der Waals surface area contributed by atoms with E-state index >= 15 is 0 Å². The van der Waals surface area contributed by atoms with Gasteiger partial charge >= 0.3 is 0 Å². The molecule has 0 aromatic rings. The molecule has 0 atom stereocenters. The fourth-order valence-electron chi connectivity index (χ4n) is 0.783. The number of hydrogen-bond donors (Lipinski definition) is 0. The van der Waals surface area contributed by atoms with E-state index in [4.69, 9.17) is 22.3 Å². The average molecular weight is 160 g/mol. The molecule has 1 aliphatic rings. The van der Waals surface area contributed by atoms with E-state index < -0.39 is 6.29 Å². The number of terminal acetylenes is 2. The molecular formula is C10H8O2. The molecule has 1 fully saturated rings. The first-order valence-electron chi connectivity index (χ1n) is 3.52. The van der Waals surface area contributed by atoms with E-state index in [-0.39, 0.29) is 5.92 Å². The van der Waals surface area contributed by atoms with Crippen LogP contribution in [-0.4, -0.2) is 19.5 Å². The van der Waals surface area contributed by atoms with Gasteiger partial charge in [-0.1, -0.05) is 5.92 Å². The monoisotopic (exact) mass is 160 g/mol. The summed E-state index contributed by atoms with van der Waals surface area (Å²) in [6, 6.07) is 0. The molecule has 0 saturated carbocycles. The summed E-state index contributed by atoms with van der Waals surface area (Å²) in [6.45, 7) is 0.973. The van der Waals surface area contributed by atoms with Crippen LogP contribution in [0.4, 0.5) is 0 Å². The van der Waals surface area contributed by atoms with Crippen LogP contribution < -0.4 is 0 Å². The van der Waals surface area contributed by atoms with Crippen LogP contribution >= 0.6 is 0 Å². The van der Waals surface area contributed by atoms with E-state index in [2.05, 4.69) is 23.7 Å². The van der Waals surface area contributed by atoms with Crippen LogP contribution in [0.3, 0.4) is 0 Å². The highest BCUT2D eigenvalue weighted by molar-refractivity contribution is 5.23. The van der Waals surface area contributed by atoms with Gasteiger partial charge in [-0.25, -0.2) is 0 Å². The van der Waals surface area contributed by atoms with Crippen LogP contribution in [0.15, 0.2) is 0 Å². The van der Waals surface area contributed by atoms with Gasteiger partial charge in [-0.3, -0.25) is 0 Å². The largest absolute Gasteiger partial charge is 0.341 e. The topological polar surface area (TPSA) is 18.5 Å². The fourth-order valence-corrected chi connectivity index (χ4v) is 0.783. The number of hydrogen-bond acceptors (Lipinski definition) is 2. The van der Waals surface area contributed by atoms with Gasteiger partial charge in [-0.2, -0.15) is 0 Å². The Morgan fingerprint density at radius 3 is 2.33 bits per heavy atom. The number of rotatable bonds is 0. The lowest BCUT2D eigenvalue weighted by Crippen LogP contribution is -2.30. The highest BCUT2D eigenvalue weighted by Gasteiger charge is 2.18. The maximum Gasteiger partial charge on any atom is 0.223 e. The summed E-state index contributed by atoms with van der Waals surface area (Å²) in [4.78, 5) is 0. The Morgan fingerprint density at radius 2 is 1.83 bits per heavy atom. The van der Waals surface area contributed by atoms with Crippen molar-refractivity contribution >= 4 is 0 Å². The molecule has 0 amide bonds. The van der Waals surface area contributed by atoms with Crippen molar-refractivity contribution in [1.82, 2.24) is 0 Å². The summed E-state index contributed by atoms with van der Waals surface area (Å²) in [7, 11) is 0. The van der Waals surface area contributed by atoms with Crippen molar-refractivity contribution in [2.24, 2.45) is 5.92 Å². The van der Waals surface area contributed by atoms with Gasteiger partial charge in [0.05, 0.1) is 19.1 Å². The lowest BCUT2D eigenvalue weighted by atomic mass is 10.2. The summed E-state index contributed by atoms with van der Waals surface area (Å²) in [5.41, 5.74) is 0. The Kier molecular flexibility index (Phi) is 3.24. The van der Waals surface area contributed by atoms with Gasteiger partial charge < -0.3 is 9.47 Å². The van der Waals surface area contributed by atoms with Crippen LogP contribution in [0.25, 0.3) is 0 Å². The van der Waals surface area contributed by atoms with Gasteiger partial charge in [-0.15, -0.1) is 12.8 Å². The maximum absolute atomic E-state index is 5.17. The second-order valence-electron chi connectivity index (χ2n) is 2.28. The molecule has 0 unspecified atom stereocenters.